The SMILES string of the molecule is CC1C(C2C=CC=CC2)=NC=C(c2cccc(-c3cccc(-c4nc(-c5ccccc5)nc5c4C4C=CC=CC4S5)c3)c2)C1c1ccccc1. The summed E-state index contributed by atoms with van der Waals surface area (Å²) in [5, 5.41) is 1.42. The van der Waals surface area contributed by atoms with E-state index in [1.54, 1.807) is 0 Å². The van der Waals surface area contributed by atoms with Crippen molar-refractivity contribution in [2.75, 3.05) is 0 Å². The lowest BCUT2D eigenvalue weighted by molar-refractivity contribution is 0.643. The summed E-state index contributed by atoms with van der Waals surface area (Å²) in [6.45, 7) is 2.35. The van der Waals surface area contributed by atoms with Gasteiger partial charge >= 0.3 is 0 Å². The van der Waals surface area contributed by atoms with Crippen LogP contribution in [0.5, 0.6) is 0 Å². The smallest absolute Gasteiger partial charge is 0.161 e. The average molecular weight is 664 g/mol. The van der Waals surface area contributed by atoms with Crippen LogP contribution < -0.4 is 0 Å². The first-order chi connectivity index (χ1) is 24.7. The summed E-state index contributed by atoms with van der Waals surface area (Å²) >= 11 is 1.85. The first-order valence-corrected chi connectivity index (χ1v) is 18.5. The molecule has 9 rings (SSSR count). The summed E-state index contributed by atoms with van der Waals surface area (Å²) in [4.78, 5) is 15.6. The highest BCUT2D eigenvalue weighted by atomic mass is 32.2. The van der Waals surface area contributed by atoms with Crippen molar-refractivity contribution < 1.29 is 0 Å². The van der Waals surface area contributed by atoms with Crippen LogP contribution in [0.15, 0.2) is 174 Å². The minimum absolute atomic E-state index is 0.215. The molecule has 3 nitrogen and oxygen atoms in total. The number of allylic oxidation sites excluding steroid dienone is 8. The van der Waals surface area contributed by atoms with Crippen LogP contribution in [0.4, 0.5) is 0 Å². The molecule has 3 heterocycles. The number of fused-ring (bicyclic) bond motifs is 3. The lowest BCUT2D eigenvalue weighted by Gasteiger charge is -2.34. The standard InChI is InChI=1S/C46H37N3S/c1-30-41(31-15-5-2-6-16-31)39(29-47-43(30)32-17-7-3-8-18-32)36-23-13-21-34(27-36)35-22-14-24-37(28-35)44-42-38-25-11-12-26-40(38)50-46(42)49-45(48-44)33-19-9-4-10-20-33/h2-17,19-30,32,38,40-41H,18H2,1H3. The van der Waals surface area contributed by atoms with Crippen LogP contribution in [-0.4, -0.2) is 20.9 Å². The summed E-state index contributed by atoms with van der Waals surface area (Å²) in [5.74, 6) is 1.86. The fraction of sp³-hybridized carbons (Fsp3) is 0.152. The third-order valence-corrected chi connectivity index (χ3v) is 11.7. The van der Waals surface area contributed by atoms with E-state index in [4.69, 9.17) is 15.0 Å². The number of thioether (sulfide) groups is 1. The van der Waals surface area contributed by atoms with E-state index < -0.39 is 0 Å². The Balaban J connectivity index is 1.12. The molecule has 50 heavy (non-hydrogen) atoms. The molecular weight excluding hydrogens is 627 g/mol. The van der Waals surface area contributed by atoms with Gasteiger partial charge in [0.15, 0.2) is 5.82 Å². The van der Waals surface area contributed by atoms with Crippen molar-refractivity contribution in [3.05, 3.63) is 181 Å². The van der Waals surface area contributed by atoms with Gasteiger partial charge in [0.1, 0.15) is 5.03 Å². The summed E-state index contributed by atoms with van der Waals surface area (Å²) < 4.78 is 0. The predicted molar refractivity (Wildman–Crippen MR) is 209 cm³/mol. The molecule has 4 aromatic carbocycles. The van der Waals surface area contributed by atoms with E-state index in [9.17, 15) is 0 Å². The van der Waals surface area contributed by atoms with Crippen LogP contribution in [0.25, 0.3) is 39.3 Å². The number of hydrogen-bond donors (Lipinski definition) is 0. The number of hydrogen-bond acceptors (Lipinski definition) is 4. The van der Waals surface area contributed by atoms with Gasteiger partial charge in [-0.2, -0.15) is 0 Å². The van der Waals surface area contributed by atoms with E-state index >= 15 is 0 Å². The van der Waals surface area contributed by atoms with Crippen LogP contribution in [0.2, 0.25) is 0 Å². The molecule has 0 radical (unpaired) electrons. The van der Waals surface area contributed by atoms with Crippen LogP contribution in [0, 0.1) is 11.8 Å². The quantitative estimate of drug-likeness (QED) is 0.170. The van der Waals surface area contributed by atoms with Gasteiger partial charge in [-0.15, -0.1) is 0 Å². The summed E-state index contributed by atoms with van der Waals surface area (Å²) in [5.41, 5.74) is 11.8. The first-order valence-electron chi connectivity index (χ1n) is 17.6. The average Bonchev–Trinajstić information content (AvgIpc) is 3.57. The molecule has 5 aromatic rings. The Morgan fingerprint density at radius 1 is 0.640 bits per heavy atom. The second-order valence-electron chi connectivity index (χ2n) is 13.5. The van der Waals surface area contributed by atoms with E-state index in [0.717, 1.165) is 34.1 Å². The van der Waals surface area contributed by atoms with Crippen molar-refractivity contribution >= 4 is 23.0 Å². The maximum atomic E-state index is 5.28. The van der Waals surface area contributed by atoms with Gasteiger partial charge in [-0.05, 0) is 46.4 Å². The maximum Gasteiger partial charge on any atom is 0.161 e. The molecule has 4 heteroatoms. The predicted octanol–water partition coefficient (Wildman–Crippen LogP) is 11.5. The van der Waals surface area contributed by atoms with Crippen molar-refractivity contribution in [2.45, 2.75) is 35.5 Å². The molecule has 5 unspecified atom stereocenters. The minimum Gasteiger partial charge on any atom is -0.264 e. The van der Waals surface area contributed by atoms with Gasteiger partial charge in [0.25, 0.3) is 0 Å². The number of rotatable bonds is 6. The monoisotopic (exact) mass is 663 g/mol. The molecular formula is C46H37N3S. The zero-order chi connectivity index (χ0) is 33.4. The Hall–Kier alpha value is -5.32. The highest BCUT2D eigenvalue weighted by Crippen LogP contribution is 2.51. The Morgan fingerprint density at radius 3 is 2.10 bits per heavy atom. The molecule has 0 saturated carbocycles. The molecule has 0 N–H and O–H groups in total. The topological polar surface area (TPSA) is 38.1 Å². The largest absolute Gasteiger partial charge is 0.264 e. The maximum absolute atomic E-state index is 5.28. The second-order valence-corrected chi connectivity index (χ2v) is 14.7. The van der Waals surface area contributed by atoms with E-state index in [1.807, 2.05) is 17.8 Å². The normalized spacial score (nSPS) is 23.3. The Kier molecular flexibility index (Phi) is 8.10. The molecule has 4 aliphatic rings. The lowest BCUT2D eigenvalue weighted by atomic mass is 9.72. The van der Waals surface area contributed by atoms with E-state index in [2.05, 4.69) is 165 Å². The van der Waals surface area contributed by atoms with Crippen LogP contribution in [0.3, 0.4) is 0 Å². The molecule has 0 bridgehead atoms. The lowest BCUT2D eigenvalue weighted by Crippen LogP contribution is -2.29. The van der Waals surface area contributed by atoms with E-state index in [1.165, 1.54) is 39.1 Å². The van der Waals surface area contributed by atoms with Crippen LogP contribution in [0.1, 0.15) is 41.9 Å². The number of benzene rings is 4. The van der Waals surface area contributed by atoms with E-state index in [0.29, 0.717) is 11.2 Å². The van der Waals surface area contributed by atoms with Gasteiger partial charge in [0.05, 0.1) is 5.69 Å². The fourth-order valence-corrected chi connectivity index (χ4v) is 9.29. The number of aromatic nitrogens is 2. The molecule has 5 atom stereocenters. The van der Waals surface area contributed by atoms with Gasteiger partial charge < -0.3 is 0 Å². The molecule has 242 valence electrons. The van der Waals surface area contributed by atoms with Crippen LogP contribution in [-0.2, 0) is 0 Å². The van der Waals surface area contributed by atoms with Gasteiger partial charge in [-0.3, -0.25) is 4.99 Å². The molecule has 0 spiro atoms. The Bertz CT molecular complexity index is 2260. The van der Waals surface area contributed by atoms with Gasteiger partial charge in [0, 0.05) is 57.5 Å². The molecule has 0 amide bonds. The molecule has 1 aromatic heterocycles. The van der Waals surface area contributed by atoms with Gasteiger partial charge in [-0.1, -0.05) is 164 Å². The van der Waals surface area contributed by atoms with Crippen molar-refractivity contribution in [1.29, 1.82) is 0 Å². The van der Waals surface area contributed by atoms with Gasteiger partial charge in [-0.25, -0.2) is 9.97 Å². The highest BCUT2D eigenvalue weighted by Gasteiger charge is 2.36. The molecule has 2 aliphatic heterocycles. The summed E-state index contributed by atoms with van der Waals surface area (Å²) in [6.07, 6.45) is 20.9. The molecule has 2 aliphatic carbocycles. The van der Waals surface area contributed by atoms with Gasteiger partial charge in [0.2, 0.25) is 0 Å². The number of aliphatic imine (C=N–C) groups is 1. The van der Waals surface area contributed by atoms with Crippen LogP contribution >= 0.6 is 11.8 Å². The van der Waals surface area contributed by atoms with Crippen molar-refractivity contribution in [3.63, 3.8) is 0 Å². The molecule has 0 saturated heterocycles. The third kappa shape index (κ3) is 5.64. The third-order valence-electron chi connectivity index (χ3n) is 10.4. The number of nitrogens with zero attached hydrogens (tertiary/aromatic N) is 3. The Morgan fingerprint density at radius 2 is 1.32 bits per heavy atom. The second kappa shape index (κ2) is 13.2. The summed E-state index contributed by atoms with van der Waals surface area (Å²) in [6, 6.07) is 39.2. The zero-order valence-corrected chi connectivity index (χ0v) is 28.7. The highest BCUT2D eigenvalue weighted by molar-refractivity contribution is 8.00. The zero-order valence-electron chi connectivity index (χ0n) is 27.9. The van der Waals surface area contributed by atoms with Crippen molar-refractivity contribution in [3.8, 4) is 33.8 Å². The molecule has 0 fully saturated rings. The minimum atomic E-state index is 0.215. The summed E-state index contributed by atoms with van der Waals surface area (Å²) in [7, 11) is 0. The van der Waals surface area contributed by atoms with Crippen molar-refractivity contribution in [2.24, 2.45) is 16.8 Å². The fourth-order valence-electron chi connectivity index (χ4n) is 7.99. The first kappa shape index (κ1) is 30.7. The van der Waals surface area contributed by atoms with E-state index in [-0.39, 0.29) is 17.8 Å². The van der Waals surface area contributed by atoms with Crippen molar-refractivity contribution in [1.82, 2.24) is 9.97 Å². The Labute approximate surface area is 298 Å².